The minimum absolute atomic E-state index is 0.305. The van der Waals surface area contributed by atoms with Crippen LogP contribution in [0, 0.1) is 3.89 Å². The molecule has 2 aromatic carbocycles. The molecule has 0 aliphatic heterocycles. The van der Waals surface area contributed by atoms with Crippen LogP contribution < -0.4 is 4.17 Å². The van der Waals surface area contributed by atoms with Gasteiger partial charge in [-0.15, -0.1) is 0 Å². The van der Waals surface area contributed by atoms with Gasteiger partial charge in [0.05, 0.1) is 0 Å². The van der Waals surface area contributed by atoms with Crippen molar-refractivity contribution in [2.24, 2.45) is 0 Å². The molecule has 0 fully saturated rings. The van der Waals surface area contributed by atoms with Crippen LogP contribution in [0.5, 0.6) is 0 Å². The molecule has 0 N–H and O–H groups in total. The molecule has 0 saturated heterocycles. The molecule has 2 aromatic heterocycles. The first-order chi connectivity index (χ1) is 18.4. The Kier molecular flexibility index (Phi) is 9.37. The van der Waals surface area contributed by atoms with Crippen LogP contribution in [0.3, 0.4) is 0 Å². The van der Waals surface area contributed by atoms with E-state index >= 15 is 0 Å². The molecule has 7 heteroatoms. The fraction of sp³-hybridized carbons (Fsp3) is 0.375. The molecule has 0 spiro atoms. The predicted molar refractivity (Wildman–Crippen MR) is 165 cm³/mol. The quantitative estimate of drug-likeness (QED) is 0.179. The average Bonchev–Trinajstić information content (AvgIpc) is 3.33. The second kappa shape index (κ2) is 12.1. The van der Waals surface area contributed by atoms with Crippen molar-refractivity contribution in [1.29, 1.82) is 0 Å². The molecule has 4 aromatic rings. The van der Waals surface area contributed by atoms with Crippen molar-refractivity contribution in [2.45, 2.75) is 79.1 Å². The van der Waals surface area contributed by atoms with Crippen molar-refractivity contribution in [2.75, 3.05) is 0 Å². The van der Waals surface area contributed by atoms with Gasteiger partial charge in [0.25, 0.3) is 0 Å². The van der Waals surface area contributed by atoms with Crippen LogP contribution in [0.2, 0.25) is 5.02 Å². The minimum atomic E-state index is -3.63. The van der Waals surface area contributed by atoms with Crippen molar-refractivity contribution in [3.8, 4) is 11.4 Å². The van der Waals surface area contributed by atoms with E-state index in [4.69, 9.17) is 30.7 Å². The second-order valence-corrected chi connectivity index (χ2v) is 19.7. The Morgan fingerprint density at radius 1 is 0.641 bits per heavy atom. The van der Waals surface area contributed by atoms with Crippen LogP contribution in [0.1, 0.15) is 101 Å². The zero-order valence-corrected chi connectivity index (χ0v) is 27.8. The number of nitrogens with zero attached hydrogens (tertiary/aromatic N) is 3. The number of pyridine rings is 1. The summed E-state index contributed by atoms with van der Waals surface area (Å²) in [6, 6.07) is 16.7. The first kappa shape index (κ1) is 30.3. The van der Waals surface area contributed by atoms with Crippen molar-refractivity contribution < 1.29 is 13.0 Å². The fourth-order valence-electron chi connectivity index (χ4n) is 5.29. The molecule has 0 aliphatic rings. The van der Waals surface area contributed by atoms with Crippen molar-refractivity contribution in [3.05, 3.63) is 98.3 Å². The predicted octanol–water partition coefficient (Wildman–Crippen LogP) is 10.1. The summed E-state index contributed by atoms with van der Waals surface area (Å²) in [5.74, 6) is 1.37. The van der Waals surface area contributed by atoms with Gasteiger partial charge in [-0.25, -0.2) is 0 Å². The summed E-state index contributed by atoms with van der Waals surface area (Å²) < 4.78 is 5.75. The summed E-state index contributed by atoms with van der Waals surface area (Å²) >= 11 is 3.07. The molecule has 39 heavy (non-hydrogen) atoms. The van der Waals surface area contributed by atoms with E-state index in [1.54, 1.807) is 6.20 Å². The van der Waals surface area contributed by atoms with Gasteiger partial charge in [-0.3, -0.25) is 0 Å². The van der Waals surface area contributed by atoms with Gasteiger partial charge in [-0.1, -0.05) is 0 Å². The van der Waals surface area contributed by atoms with Gasteiger partial charge < -0.3 is 0 Å². The Balaban J connectivity index is 2.25. The zero-order valence-electron chi connectivity index (χ0n) is 24.0. The maximum absolute atomic E-state index is 7.54. The Bertz CT molecular complexity index is 1490. The molecule has 2 heterocycles. The molecule has 3 nitrogen and oxygen atoms in total. The van der Waals surface area contributed by atoms with Crippen LogP contribution in [0.25, 0.3) is 11.4 Å². The molecule has 213 valence electrons. The summed E-state index contributed by atoms with van der Waals surface area (Å²) in [4.78, 5) is 4.63. The number of rotatable bonds is 7. The van der Waals surface area contributed by atoms with Gasteiger partial charge in [0.15, 0.2) is 0 Å². The van der Waals surface area contributed by atoms with Crippen LogP contribution in [0.15, 0.2) is 67.1 Å². The van der Waals surface area contributed by atoms with E-state index in [9.17, 15) is 0 Å². The average molecular weight is 678 g/mol. The molecular formula is C32H39Cl3N3Pd. The third kappa shape index (κ3) is 5.75. The number of hydrogen-bond acceptors (Lipinski definition) is 1. The number of halogens is 3. The summed E-state index contributed by atoms with van der Waals surface area (Å²) in [5, 5.41) is 0.485. The van der Waals surface area contributed by atoms with Gasteiger partial charge in [0.2, 0.25) is 0 Å². The first-order valence-corrected chi connectivity index (χ1v) is 19.4. The maximum atomic E-state index is 7.54. The molecule has 0 aliphatic carbocycles. The van der Waals surface area contributed by atoms with Gasteiger partial charge >= 0.3 is 251 Å². The Morgan fingerprint density at radius 3 is 1.49 bits per heavy atom. The van der Waals surface area contributed by atoms with Gasteiger partial charge in [0, 0.05) is 0 Å². The molecular weight excluding hydrogens is 639 g/mol. The molecule has 0 atom stereocenters. The Hall–Kier alpha value is -1.67. The third-order valence-electron chi connectivity index (χ3n) is 6.94. The van der Waals surface area contributed by atoms with E-state index < -0.39 is 13.0 Å². The SMILES string of the molecule is CC(C)c1cccc(-n2ccn(-c3cccc(C(C)C)c3C(C)C)[c]2=[Pd]([Cl])([Cl])[c]2ncccc2Cl)c1C(C)C. The van der Waals surface area contributed by atoms with E-state index in [1.165, 1.54) is 22.3 Å². The van der Waals surface area contributed by atoms with E-state index in [2.05, 4.69) is 118 Å². The first-order valence-electron chi connectivity index (χ1n) is 13.4. The summed E-state index contributed by atoms with van der Waals surface area (Å²) in [6.07, 6.45) is 5.91. The van der Waals surface area contributed by atoms with Crippen molar-refractivity contribution in [3.63, 3.8) is 0 Å². The molecule has 4 rings (SSSR count). The number of benzene rings is 2. The summed E-state index contributed by atoms with van der Waals surface area (Å²) in [6.45, 7) is 17.9. The van der Waals surface area contributed by atoms with Gasteiger partial charge in [-0.05, 0) is 0 Å². The standard InChI is InChI=1S/C27H36N2.C5H3ClN.2ClH.Pd/c1-18(2)22-11-9-13-24(26(22)20(5)6)28-15-16-29(17-28)25-14-10-12-23(19(3)4)27(25)21(7)8;6-5-2-1-3-7-4-5;;;/h9-16,18-21H,1-8H3;1-3H;2*1H;/q;;;;+2/p-2. The van der Waals surface area contributed by atoms with Crippen LogP contribution >= 0.6 is 30.7 Å². The molecule has 0 unspecified atom stereocenters. The van der Waals surface area contributed by atoms with E-state index in [1.807, 2.05) is 12.1 Å². The fourth-order valence-corrected chi connectivity index (χ4v) is 11.6. The Morgan fingerprint density at radius 2 is 1.10 bits per heavy atom. The summed E-state index contributed by atoms with van der Waals surface area (Å²) in [5.41, 5.74) is 7.42. The third-order valence-corrected chi connectivity index (χ3v) is 13.2. The van der Waals surface area contributed by atoms with Crippen molar-refractivity contribution in [1.82, 2.24) is 14.1 Å². The molecule has 0 radical (unpaired) electrons. The van der Waals surface area contributed by atoms with E-state index in [-0.39, 0.29) is 0 Å². The zero-order chi connectivity index (χ0) is 28.6. The normalized spacial score (nSPS) is 12.8. The molecule has 0 amide bonds. The second-order valence-electron chi connectivity index (χ2n) is 11.1. The monoisotopic (exact) mass is 676 g/mol. The van der Waals surface area contributed by atoms with Crippen LogP contribution in [0.4, 0.5) is 0 Å². The van der Waals surface area contributed by atoms with Gasteiger partial charge in [0.1, 0.15) is 0 Å². The van der Waals surface area contributed by atoms with Crippen LogP contribution in [-0.4, -0.2) is 14.1 Å². The molecule has 0 saturated carbocycles. The van der Waals surface area contributed by atoms with E-state index in [0.29, 0.717) is 32.9 Å². The molecule has 0 bridgehead atoms. The Labute approximate surface area is 249 Å². The number of hydrogen-bond donors (Lipinski definition) is 0. The van der Waals surface area contributed by atoms with Gasteiger partial charge in [-0.2, -0.15) is 0 Å². The summed E-state index contributed by atoms with van der Waals surface area (Å²) in [7, 11) is 15.1. The number of aromatic nitrogens is 3. The number of imidazole rings is 1. The van der Waals surface area contributed by atoms with Crippen LogP contribution in [-0.2, 0) is 13.0 Å². The van der Waals surface area contributed by atoms with E-state index in [0.717, 1.165) is 15.3 Å². The topological polar surface area (TPSA) is 22.8 Å². The van der Waals surface area contributed by atoms with Crippen molar-refractivity contribution >= 4 is 34.8 Å².